The van der Waals surface area contributed by atoms with Crippen LogP contribution in [0.25, 0.3) is 0 Å². The Bertz CT molecular complexity index is 645. The molecule has 23 heavy (non-hydrogen) atoms. The summed E-state index contributed by atoms with van der Waals surface area (Å²) in [4.78, 5) is 26.6. The van der Waals surface area contributed by atoms with E-state index in [0.717, 1.165) is 22.7 Å². The SMILES string of the molecule is O=C(O)CCSCc1cccc(NC(=O)CCc2cscn2)c1. The molecule has 2 aromatic rings. The molecule has 0 aliphatic rings. The van der Waals surface area contributed by atoms with Gasteiger partial charge in [-0.2, -0.15) is 11.8 Å². The number of benzene rings is 1. The van der Waals surface area contributed by atoms with E-state index in [2.05, 4.69) is 10.3 Å². The van der Waals surface area contributed by atoms with Crippen LogP contribution in [0.3, 0.4) is 0 Å². The number of nitrogens with one attached hydrogen (secondary N) is 1. The standard InChI is InChI=1S/C16H18N2O3S2/c19-15(5-4-14-10-23-11-17-14)18-13-3-1-2-12(8-13)9-22-7-6-16(20)21/h1-3,8,10-11H,4-7,9H2,(H,18,19)(H,20,21). The minimum atomic E-state index is -0.779. The molecule has 5 nitrogen and oxygen atoms in total. The zero-order chi connectivity index (χ0) is 16.5. The van der Waals surface area contributed by atoms with Crippen molar-refractivity contribution in [1.29, 1.82) is 0 Å². The summed E-state index contributed by atoms with van der Waals surface area (Å²) in [5.74, 6) is 0.502. The van der Waals surface area contributed by atoms with E-state index in [0.29, 0.717) is 18.6 Å². The summed E-state index contributed by atoms with van der Waals surface area (Å²) in [5.41, 5.74) is 4.54. The zero-order valence-electron chi connectivity index (χ0n) is 12.5. The topological polar surface area (TPSA) is 79.3 Å². The van der Waals surface area contributed by atoms with Crippen molar-refractivity contribution in [3.8, 4) is 0 Å². The lowest BCUT2D eigenvalue weighted by atomic mass is 10.2. The number of nitrogens with zero attached hydrogens (tertiary/aromatic N) is 1. The van der Waals surface area contributed by atoms with Crippen LogP contribution < -0.4 is 5.32 Å². The predicted molar refractivity (Wildman–Crippen MR) is 93.9 cm³/mol. The summed E-state index contributed by atoms with van der Waals surface area (Å²) in [6.07, 6.45) is 1.21. The molecule has 1 heterocycles. The lowest BCUT2D eigenvalue weighted by Crippen LogP contribution is -2.12. The number of thioether (sulfide) groups is 1. The highest BCUT2D eigenvalue weighted by molar-refractivity contribution is 7.98. The molecular weight excluding hydrogens is 332 g/mol. The average molecular weight is 350 g/mol. The Morgan fingerprint density at radius 2 is 2.17 bits per heavy atom. The number of aliphatic carboxylic acids is 1. The van der Waals surface area contributed by atoms with Gasteiger partial charge in [-0.05, 0) is 24.1 Å². The molecule has 1 aromatic heterocycles. The molecule has 0 aliphatic heterocycles. The summed E-state index contributed by atoms with van der Waals surface area (Å²) < 4.78 is 0. The normalized spacial score (nSPS) is 10.4. The number of carbonyl (C=O) groups excluding carboxylic acids is 1. The van der Waals surface area contributed by atoms with Gasteiger partial charge in [0.05, 0.1) is 17.6 Å². The number of thiazole rings is 1. The predicted octanol–water partition coefficient (Wildman–Crippen LogP) is 3.42. The summed E-state index contributed by atoms with van der Waals surface area (Å²) in [6.45, 7) is 0. The Labute approximate surface area is 143 Å². The van der Waals surface area contributed by atoms with Crippen LogP contribution in [0.2, 0.25) is 0 Å². The maximum absolute atomic E-state index is 11.9. The van der Waals surface area contributed by atoms with Crippen molar-refractivity contribution >= 4 is 40.7 Å². The minimum Gasteiger partial charge on any atom is -0.481 e. The fraction of sp³-hybridized carbons (Fsp3) is 0.312. The molecule has 0 aliphatic carbocycles. The smallest absolute Gasteiger partial charge is 0.304 e. The number of carboxylic acid groups (broad SMARTS) is 1. The van der Waals surface area contributed by atoms with Gasteiger partial charge in [0.25, 0.3) is 0 Å². The van der Waals surface area contributed by atoms with Gasteiger partial charge in [-0.1, -0.05) is 12.1 Å². The van der Waals surface area contributed by atoms with Crippen molar-refractivity contribution in [1.82, 2.24) is 4.98 Å². The molecule has 0 radical (unpaired) electrons. The summed E-state index contributed by atoms with van der Waals surface area (Å²) in [6, 6.07) is 7.64. The molecule has 0 saturated heterocycles. The van der Waals surface area contributed by atoms with Crippen molar-refractivity contribution < 1.29 is 14.7 Å². The monoisotopic (exact) mass is 350 g/mol. The Hall–Kier alpha value is -1.86. The number of hydrogen-bond acceptors (Lipinski definition) is 5. The summed E-state index contributed by atoms with van der Waals surface area (Å²) >= 11 is 3.10. The van der Waals surface area contributed by atoms with Gasteiger partial charge in [-0.15, -0.1) is 11.3 Å². The van der Waals surface area contributed by atoms with Crippen molar-refractivity contribution in [3.05, 3.63) is 46.4 Å². The number of anilines is 1. The van der Waals surface area contributed by atoms with Gasteiger partial charge in [0.15, 0.2) is 0 Å². The Balaban J connectivity index is 1.77. The highest BCUT2D eigenvalue weighted by Crippen LogP contribution is 2.17. The van der Waals surface area contributed by atoms with Crippen molar-refractivity contribution in [3.63, 3.8) is 0 Å². The van der Waals surface area contributed by atoms with E-state index >= 15 is 0 Å². The third kappa shape index (κ3) is 6.83. The molecule has 1 amide bonds. The highest BCUT2D eigenvalue weighted by Gasteiger charge is 2.05. The molecule has 2 N–H and O–H groups in total. The first kappa shape index (κ1) is 17.5. The lowest BCUT2D eigenvalue weighted by molar-refractivity contribution is -0.136. The number of amides is 1. The molecule has 0 saturated carbocycles. The van der Waals surface area contributed by atoms with Gasteiger partial charge in [0.1, 0.15) is 0 Å². The van der Waals surface area contributed by atoms with Gasteiger partial charge >= 0.3 is 5.97 Å². The van der Waals surface area contributed by atoms with E-state index in [1.54, 1.807) is 17.3 Å². The Kier molecular flexibility index (Phi) is 7.09. The fourth-order valence-corrected chi connectivity index (χ4v) is 3.39. The van der Waals surface area contributed by atoms with Crippen LogP contribution in [0.5, 0.6) is 0 Å². The number of aryl methyl sites for hydroxylation is 1. The van der Waals surface area contributed by atoms with Crippen LogP contribution in [0.4, 0.5) is 5.69 Å². The van der Waals surface area contributed by atoms with Crippen LogP contribution in [-0.4, -0.2) is 27.7 Å². The molecule has 0 unspecified atom stereocenters. The maximum Gasteiger partial charge on any atom is 0.304 e. The number of hydrogen-bond donors (Lipinski definition) is 2. The minimum absolute atomic E-state index is 0.0336. The van der Waals surface area contributed by atoms with E-state index in [-0.39, 0.29) is 12.3 Å². The Morgan fingerprint density at radius 1 is 1.30 bits per heavy atom. The van der Waals surface area contributed by atoms with Gasteiger partial charge in [0.2, 0.25) is 5.91 Å². The lowest BCUT2D eigenvalue weighted by Gasteiger charge is -2.07. The van der Waals surface area contributed by atoms with Gasteiger partial charge in [-0.25, -0.2) is 4.98 Å². The van der Waals surface area contributed by atoms with Crippen LogP contribution in [0.1, 0.15) is 24.1 Å². The van der Waals surface area contributed by atoms with Crippen molar-refractivity contribution in [2.24, 2.45) is 0 Å². The second-order valence-electron chi connectivity index (χ2n) is 4.92. The summed E-state index contributed by atoms with van der Waals surface area (Å²) in [5, 5.41) is 13.4. The molecule has 1 aromatic carbocycles. The number of aromatic nitrogens is 1. The van der Waals surface area contributed by atoms with Gasteiger partial charge in [-0.3, -0.25) is 9.59 Å². The Morgan fingerprint density at radius 3 is 2.91 bits per heavy atom. The van der Waals surface area contributed by atoms with Crippen molar-refractivity contribution in [2.45, 2.75) is 25.0 Å². The summed E-state index contributed by atoms with van der Waals surface area (Å²) in [7, 11) is 0. The highest BCUT2D eigenvalue weighted by atomic mass is 32.2. The van der Waals surface area contributed by atoms with E-state index in [9.17, 15) is 9.59 Å². The second kappa shape index (κ2) is 9.32. The van der Waals surface area contributed by atoms with Crippen LogP contribution >= 0.6 is 23.1 Å². The molecule has 0 fully saturated rings. The first-order valence-corrected chi connectivity index (χ1v) is 9.28. The van der Waals surface area contributed by atoms with Crippen molar-refractivity contribution in [2.75, 3.05) is 11.1 Å². The van der Waals surface area contributed by atoms with E-state index in [1.165, 1.54) is 11.3 Å². The maximum atomic E-state index is 11.9. The largest absolute Gasteiger partial charge is 0.481 e. The molecule has 122 valence electrons. The molecule has 7 heteroatoms. The van der Waals surface area contributed by atoms with Gasteiger partial charge in [0, 0.05) is 29.0 Å². The third-order valence-corrected chi connectivity index (χ3v) is 4.70. The van der Waals surface area contributed by atoms with E-state index in [1.807, 2.05) is 29.6 Å². The quantitative estimate of drug-likeness (QED) is 0.678. The first-order chi connectivity index (χ1) is 11.1. The molecule has 0 bridgehead atoms. The van der Waals surface area contributed by atoms with E-state index < -0.39 is 5.97 Å². The van der Waals surface area contributed by atoms with Crippen LogP contribution in [-0.2, 0) is 21.8 Å². The molecule has 0 spiro atoms. The molecule has 2 rings (SSSR count). The molecular formula is C16H18N2O3S2. The van der Waals surface area contributed by atoms with Crippen LogP contribution in [0.15, 0.2) is 35.2 Å². The zero-order valence-corrected chi connectivity index (χ0v) is 14.2. The molecule has 0 atom stereocenters. The average Bonchev–Trinajstić information content (AvgIpc) is 3.03. The number of carbonyl (C=O) groups is 2. The number of rotatable bonds is 9. The second-order valence-corrected chi connectivity index (χ2v) is 6.75. The third-order valence-electron chi connectivity index (χ3n) is 3.03. The number of carboxylic acids is 1. The van der Waals surface area contributed by atoms with Crippen LogP contribution in [0, 0.1) is 0 Å². The fourth-order valence-electron chi connectivity index (χ4n) is 1.91. The first-order valence-electron chi connectivity index (χ1n) is 7.19. The van der Waals surface area contributed by atoms with Gasteiger partial charge < -0.3 is 10.4 Å². The van der Waals surface area contributed by atoms with E-state index in [4.69, 9.17) is 5.11 Å².